The van der Waals surface area contributed by atoms with Crippen LogP contribution in [-0.2, 0) is 5.54 Å². The topological polar surface area (TPSA) is 35.6 Å². The van der Waals surface area contributed by atoms with Crippen LogP contribution >= 0.6 is 0 Å². The van der Waals surface area contributed by atoms with Crippen molar-refractivity contribution < 1.29 is 13.6 Å². The van der Waals surface area contributed by atoms with Crippen molar-refractivity contribution in [3.8, 4) is 0 Å². The number of benzene rings is 1. The monoisotopic (exact) mass is 351 g/mol. The van der Waals surface area contributed by atoms with Crippen LogP contribution in [0.25, 0.3) is 0 Å². The summed E-state index contributed by atoms with van der Waals surface area (Å²) >= 11 is 0. The lowest BCUT2D eigenvalue weighted by Crippen LogP contribution is -2.44. The summed E-state index contributed by atoms with van der Waals surface area (Å²) in [5.74, 6) is -1.22. The van der Waals surface area contributed by atoms with E-state index in [2.05, 4.69) is 17.1 Å². The zero-order chi connectivity index (χ0) is 18.0. The average molecular weight is 351 g/mol. The zero-order valence-electron chi connectivity index (χ0n) is 15.0. The second kappa shape index (κ2) is 7.28. The molecule has 3 rings (SSSR count). The maximum atomic E-state index is 13.5. The summed E-state index contributed by atoms with van der Waals surface area (Å²) in [6, 6.07) is 3.76. The first kappa shape index (κ1) is 18.1. The van der Waals surface area contributed by atoms with E-state index in [4.69, 9.17) is 0 Å². The first-order valence-corrected chi connectivity index (χ1v) is 9.13. The predicted octanol–water partition coefficient (Wildman–Crippen LogP) is 3.47. The summed E-state index contributed by atoms with van der Waals surface area (Å²) in [5, 5.41) is 2.97. The fourth-order valence-electron chi connectivity index (χ4n) is 3.59. The van der Waals surface area contributed by atoms with E-state index in [1.54, 1.807) is 11.9 Å². The third-order valence-electron chi connectivity index (χ3n) is 5.50. The minimum atomic E-state index is -0.616. The molecule has 1 unspecified atom stereocenters. The van der Waals surface area contributed by atoms with E-state index >= 15 is 0 Å². The maximum Gasteiger partial charge on any atom is 0.317 e. The molecule has 25 heavy (non-hydrogen) atoms. The largest absolute Gasteiger partial charge is 0.328 e. The van der Waals surface area contributed by atoms with Crippen LogP contribution in [0.3, 0.4) is 0 Å². The van der Waals surface area contributed by atoms with Gasteiger partial charge in [0.05, 0.1) is 5.54 Å². The molecule has 1 aliphatic carbocycles. The summed E-state index contributed by atoms with van der Waals surface area (Å²) in [6.07, 6.45) is 4.85. The summed E-state index contributed by atoms with van der Waals surface area (Å²) in [4.78, 5) is 16.6. The van der Waals surface area contributed by atoms with Crippen molar-refractivity contribution >= 4 is 6.03 Å². The second-order valence-electron chi connectivity index (χ2n) is 7.47. The molecular formula is C19H27F2N3O. The molecule has 2 amide bonds. The molecule has 1 N–H and O–H groups in total. The van der Waals surface area contributed by atoms with Gasteiger partial charge in [-0.05, 0) is 69.8 Å². The molecule has 138 valence electrons. The molecule has 0 aromatic heterocycles. The van der Waals surface area contributed by atoms with E-state index in [0.29, 0.717) is 31.0 Å². The lowest BCUT2D eigenvalue weighted by molar-refractivity contribution is 0.190. The quantitative estimate of drug-likeness (QED) is 0.852. The van der Waals surface area contributed by atoms with Crippen LogP contribution in [0.4, 0.5) is 13.6 Å². The van der Waals surface area contributed by atoms with Crippen molar-refractivity contribution in [3.63, 3.8) is 0 Å². The minimum Gasteiger partial charge on any atom is -0.328 e. The first-order chi connectivity index (χ1) is 11.9. The Hall–Kier alpha value is -1.69. The molecule has 1 heterocycles. The SMILES string of the molecule is CC(CCN(C)C(=O)NC1(c2cc(F)cc(F)c2)CC1)N1CCCC1. The number of hydrogen-bond acceptors (Lipinski definition) is 2. The number of likely N-dealkylation sites (tertiary alicyclic amines) is 1. The van der Waals surface area contributed by atoms with E-state index in [0.717, 1.165) is 25.6 Å². The highest BCUT2D eigenvalue weighted by Crippen LogP contribution is 2.46. The first-order valence-electron chi connectivity index (χ1n) is 9.13. The van der Waals surface area contributed by atoms with Gasteiger partial charge in [0.25, 0.3) is 0 Å². The maximum absolute atomic E-state index is 13.5. The lowest BCUT2D eigenvalue weighted by Gasteiger charge is -2.28. The van der Waals surface area contributed by atoms with Gasteiger partial charge in [0, 0.05) is 25.7 Å². The summed E-state index contributed by atoms with van der Waals surface area (Å²) in [7, 11) is 1.77. The number of urea groups is 1. The summed E-state index contributed by atoms with van der Waals surface area (Å²) < 4.78 is 26.9. The number of amides is 2. The van der Waals surface area contributed by atoms with Crippen molar-refractivity contribution in [1.29, 1.82) is 0 Å². The third-order valence-corrected chi connectivity index (χ3v) is 5.50. The van der Waals surface area contributed by atoms with E-state index in [1.165, 1.54) is 25.0 Å². The highest BCUT2D eigenvalue weighted by atomic mass is 19.1. The van der Waals surface area contributed by atoms with Crippen molar-refractivity contribution in [2.45, 2.75) is 50.6 Å². The molecule has 2 aliphatic rings. The number of rotatable bonds is 6. The fourth-order valence-corrected chi connectivity index (χ4v) is 3.59. The normalized spacial score (nSPS) is 20.3. The van der Waals surface area contributed by atoms with Crippen molar-refractivity contribution in [2.75, 3.05) is 26.7 Å². The Morgan fingerprint density at radius 3 is 2.40 bits per heavy atom. The van der Waals surface area contributed by atoms with Crippen LogP contribution in [0.15, 0.2) is 18.2 Å². The van der Waals surface area contributed by atoms with Crippen molar-refractivity contribution in [1.82, 2.24) is 15.1 Å². The predicted molar refractivity (Wildman–Crippen MR) is 93.3 cm³/mol. The van der Waals surface area contributed by atoms with Crippen molar-refractivity contribution in [2.24, 2.45) is 0 Å². The van der Waals surface area contributed by atoms with Crippen LogP contribution in [0.1, 0.15) is 44.6 Å². The number of carbonyl (C=O) groups excluding carboxylic acids is 1. The van der Waals surface area contributed by atoms with Crippen LogP contribution < -0.4 is 5.32 Å². The Bertz CT molecular complexity index is 607. The molecule has 0 radical (unpaired) electrons. The number of hydrogen-bond donors (Lipinski definition) is 1. The van der Waals surface area contributed by atoms with Gasteiger partial charge in [-0.1, -0.05) is 0 Å². The standard InChI is InChI=1S/C19H27F2N3O/c1-14(24-8-3-4-9-24)5-10-23(2)18(25)22-19(6-7-19)15-11-16(20)13-17(21)12-15/h11-14H,3-10H2,1-2H3,(H,22,25). The molecule has 1 saturated carbocycles. The molecule has 6 heteroatoms. The second-order valence-corrected chi connectivity index (χ2v) is 7.47. The van der Waals surface area contributed by atoms with Gasteiger partial charge in [-0.25, -0.2) is 13.6 Å². The van der Waals surface area contributed by atoms with Gasteiger partial charge in [0.2, 0.25) is 0 Å². The van der Waals surface area contributed by atoms with Crippen molar-refractivity contribution in [3.05, 3.63) is 35.4 Å². The Kier molecular flexibility index (Phi) is 5.27. The zero-order valence-corrected chi connectivity index (χ0v) is 15.0. The van der Waals surface area contributed by atoms with Crippen LogP contribution in [0.2, 0.25) is 0 Å². The minimum absolute atomic E-state index is 0.184. The van der Waals surface area contributed by atoms with Gasteiger partial charge in [-0.2, -0.15) is 0 Å². The highest BCUT2D eigenvalue weighted by molar-refractivity contribution is 5.75. The van der Waals surface area contributed by atoms with Gasteiger partial charge in [0.15, 0.2) is 0 Å². The Balaban J connectivity index is 1.54. The highest BCUT2D eigenvalue weighted by Gasteiger charge is 2.46. The summed E-state index contributed by atoms with van der Waals surface area (Å²) in [5.41, 5.74) is -0.105. The van der Waals surface area contributed by atoms with E-state index in [1.807, 2.05) is 0 Å². The molecule has 4 nitrogen and oxygen atoms in total. The van der Waals surface area contributed by atoms with Crippen LogP contribution in [-0.4, -0.2) is 48.6 Å². The Labute approximate surface area is 148 Å². The van der Waals surface area contributed by atoms with Gasteiger partial charge in [0.1, 0.15) is 11.6 Å². The Morgan fingerprint density at radius 2 is 1.84 bits per heavy atom. The number of halogens is 2. The molecule has 1 atom stereocenters. The van der Waals surface area contributed by atoms with Gasteiger partial charge in [-0.3, -0.25) is 0 Å². The number of nitrogens with one attached hydrogen (secondary N) is 1. The lowest BCUT2D eigenvalue weighted by atomic mass is 10.0. The molecular weight excluding hydrogens is 324 g/mol. The molecule has 1 aromatic rings. The molecule has 2 fully saturated rings. The van der Waals surface area contributed by atoms with E-state index in [-0.39, 0.29) is 6.03 Å². The number of carbonyl (C=O) groups is 1. The van der Waals surface area contributed by atoms with Gasteiger partial charge >= 0.3 is 6.03 Å². The average Bonchev–Trinajstić information content (AvgIpc) is 3.13. The molecule has 1 aliphatic heterocycles. The van der Waals surface area contributed by atoms with Crippen LogP contribution in [0, 0.1) is 11.6 Å². The van der Waals surface area contributed by atoms with E-state index < -0.39 is 17.2 Å². The van der Waals surface area contributed by atoms with Gasteiger partial charge in [-0.15, -0.1) is 0 Å². The Morgan fingerprint density at radius 1 is 1.24 bits per heavy atom. The molecule has 1 saturated heterocycles. The van der Waals surface area contributed by atoms with E-state index in [9.17, 15) is 13.6 Å². The third kappa shape index (κ3) is 4.29. The number of nitrogens with zero attached hydrogens (tertiary/aromatic N) is 2. The molecule has 1 aromatic carbocycles. The van der Waals surface area contributed by atoms with Gasteiger partial charge < -0.3 is 15.1 Å². The summed E-state index contributed by atoms with van der Waals surface area (Å²) in [6.45, 7) is 5.16. The molecule has 0 spiro atoms. The van der Waals surface area contributed by atoms with Crippen LogP contribution in [0.5, 0.6) is 0 Å². The molecule has 0 bridgehead atoms. The fraction of sp³-hybridized carbons (Fsp3) is 0.632. The smallest absolute Gasteiger partial charge is 0.317 e.